The number of benzene rings is 1. The first kappa shape index (κ1) is 15.1. The molecular weight excluding hydrogens is 252 g/mol. The van der Waals surface area contributed by atoms with E-state index >= 15 is 0 Å². The maximum absolute atomic E-state index is 5.22. The number of methoxy groups -OCH3 is 2. The molecule has 1 aromatic rings. The van der Waals surface area contributed by atoms with E-state index in [0.29, 0.717) is 0 Å². The van der Waals surface area contributed by atoms with Gasteiger partial charge < -0.3 is 19.7 Å². The SMILES string of the molecule is COCCCN(CCOC)c1ccc2c(c1)NCCC2. The second kappa shape index (κ2) is 8.12. The summed E-state index contributed by atoms with van der Waals surface area (Å²) in [4.78, 5) is 2.37. The van der Waals surface area contributed by atoms with Crippen molar-refractivity contribution < 1.29 is 9.47 Å². The normalized spacial score (nSPS) is 13.7. The van der Waals surface area contributed by atoms with Gasteiger partial charge in [-0.1, -0.05) is 6.07 Å². The lowest BCUT2D eigenvalue weighted by Gasteiger charge is -2.27. The van der Waals surface area contributed by atoms with E-state index in [-0.39, 0.29) is 0 Å². The van der Waals surface area contributed by atoms with Crippen LogP contribution in [0.4, 0.5) is 11.4 Å². The summed E-state index contributed by atoms with van der Waals surface area (Å²) in [6.45, 7) is 4.54. The highest BCUT2D eigenvalue weighted by Gasteiger charge is 2.12. The van der Waals surface area contributed by atoms with Crippen LogP contribution in [-0.4, -0.2) is 47.1 Å². The van der Waals surface area contributed by atoms with Crippen LogP contribution in [0.2, 0.25) is 0 Å². The minimum atomic E-state index is 0.748. The summed E-state index contributed by atoms with van der Waals surface area (Å²) in [6, 6.07) is 6.76. The topological polar surface area (TPSA) is 33.7 Å². The first-order valence-corrected chi connectivity index (χ1v) is 7.45. The quantitative estimate of drug-likeness (QED) is 0.741. The summed E-state index contributed by atoms with van der Waals surface area (Å²) in [6.07, 6.45) is 3.45. The van der Waals surface area contributed by atoms with Crippen LogP contribution in [0.1, 0.15) is 18.4 Å². The molecule has 4 nitrogen and oxygen atoms in total. The Bertz CT molecular complexity index is 409. The fourth-order valence-corrected chi connectivity index (χ4v) is 2.62. The van der Waals surface area contributed by atoms with Gasteiger partial charge in [-0.25, -0.2) is 0 Å². The third-order valence-electron chi connectivity index (χ3n) is 3.74. The predicted octanol–water partition coefficient (Wildman–Crippen LogP) is 2.53. The number of anilines is 2. The molecule has 112 valence electrons. The Morgan fingerprint density at radius 1 is 1.15 bits per heavy atom. The monoisotopic (exact) mass is 278 g/mol. The van der Waals surface area contributed by atoms with Crippen LogP contribution in [-0.2, 0) is 15.9 Å². The summed E-state index contributed by atoms with van der Waals surface area (Å²) in [5.41, 5.74) is 4.00. The van der Waals surface area contributed by atoms with E-state index in [2.05, 4.69) is 28.4 Å². The Hall–Kier alpha value is -1.26. The van der Waals surface area contributed by atoms with Crippen LogP contribution in [0, 0.1) is 0 Å². The van der Waals surface area contributed by atoms with Crippen LogP contribution in [0.3, 0.4) is 0 Å². The zero-order valence-electron chi connectivity index (χ0n) is 12.7. The van der Waals surface area contributed by atoms with Crippen molar-refractivity contribution in [1.29, 1.82) is 0 Å². The molecule has 1 aromatic carbocycles. The van der Waals surface area contributed by atoms with Crippen molar-refractivity contribution in [3.8, 4) is 0 Å². The molecule has 1 aliphatic heterocycles. The van der Waals surface area contributed by atoms with Crippen LogP contribution in [0.25, 0.3) is 0 Å². The van der Waals surface area contributed by atoms with E-state index < -0.39 is 0 Å². The van der Waals surface area contributed by atoms with Crippen LogP contribution in [0.15, 0.2) is 18.2 Å². The third-order valence-corrected chi connectivity index (χ3v) is 3.74. The van der Waals surface area contributed by atoms with Gasteiger partial charge in [0.2, 0.25) is 0 Å². The van der Waals surface area contributed by atoms with E-state index in [1.165, 1.54) is 29.8 Å². The maximum atomic E-state index is 5.22. The lowest BCUT2D eigenvalue weighted by molar-refractivity contribution is 0.191. The van der Waals surface area contributed by atoms with Gasteiger partial charge in [0.05, 0.1) is 6.61 Å². The molecule has 0 atom stereocenters. The molecule has 1 heterocycles. The van der Waals surface area contributed by atoms with Crippen molar-refractivity contribution in [2.75, 3.05) is 57.3 Å². The Morgan fingerprint density at radius 3 is 2.80 bits per heavy atom. The van der Waals surface area contributed by atoms with Crippen molar-refractivity contribution >= 4 is 11.4 Å². The summed E-state index contributed by atoms with van der Waals surface area (Å²) in [5, 5.41) is 3.50. The van der Waals surface area contributed by atoms with E-state index in [4.69, 9.17) is 9.47 Å². The van der Waals surface area contributed by atoms with Crippen molar-refractivity contribution in [1.82, 2.24) is 0 Å². The third kappa shape index (κ3) is 4.12. The van der Waals surface area contributed by atoms with Crippen molar-refractivity contribution in [3.05, 3.63) is 23.8 Å². The molecule has 0 aliphatic carbocycles. The number of fused-ring (bicyclic) bond motifs is 1. The van der Waals surface area contributed by atoms with Gasteiger partial charge in [-0.2, -0.15) is 0 Å². The molecule has 0 spiro atoms. The largest absolute Gasteiger partial charge is 0.385 e. The molecule has 0 saturated carbocycles. The lowest BCUT2D eigenvalue weighted by atomic mass is 10.0. The molecule has 0 unspecified atom stereocenters. The fourth-order valence-electron chi connectivity index (χ4n) is 2.62. The molecule has 4 heteroatoms. The van der Waals surface area contributed by atoms with Crippen LogP contribution in [0.5, 0.6) is 0 Å². The van der Waals surface area contributed by atoms with Crippen molar-refractivity contribution in [2.45, 2.75) is 19.3 Å². The number of hydrogen-bond acceptors (Lipinski definition) is 4. The summed E-state index contributed by atoms with van der Waals surface area (Å²) < 4.78 is 10.4. The zero-order chi connectivity index (χ0) is 14.2. The van der Waals surface area contributed by atoms with Gasteiger partial charge in [-0.05, 0) is 37.0 Å². The molecule has 1 N–H and O–H groups in total. The van der Waals surface area contributed by atoms with Gasteiger partial charge in [-0.15, -0.1) is 0 Å². The molecule has 0 saturated heterocycles. The first-order valence-electron chi connectivity index (χ1n) is 7.45. The van der Waals surface area contributed by atoms with E-state index in [0.717, 1.165) is 39.3 Å². The molecular formula is C16H26N2O2. The minimum absolute atomic E-state index is 0.748. The highest BCUT2D eigenvalue weighted by atomic mass is 16.5. The Morgan fingerprint density at radius 2 is 2.00 bits per heavy atom. The fraction of sp³-hybridized carbons (Fsp3) is 0.625. The molecule has 2 rings (SSSR count). The van der Waals surface area contributed by atoms with Crippen LogP contribution < -0.4 is 10.2 Å². The standard InChI is InChI=1S/C16H26N2O2/c1-19-11-4-9-18(10-12-20-2)15-7-6-14-5-3-8-17-16(14)13-15/h6-7,13,17H,3-5,8-12H2,1-2H3. The van der Waals surface area contributed by atoms with Gasteiger partial charge in [0.25, 0.3) is 0 Å². The number of aryl methyl sites for hydroxylation is 1. The molecule has 0 aromatic heterocycles. The smallest absolute Gasteiger partial charge is 0.0637 e. The molecule has 0 bridgehead atoms. The second-order valence-electron chi connectivity index (χ2n) is 5.20. The number of nitrogens with zero attached hydrogens (tertiary/aromatic N) is 1. The average Bonchev–Trinajstić information content (AvgIpc) is 2.50. The first-order chi connectivity index (χ1) is 9.85. The zero-order valence-corrected chi connectivity index (χ0v) is 12.7. The number of hydrogen-bond donors (Lipinski definition) is 1. The van der Waals surface area contributed by atoms with Gasteiger partial charge in [0.15, 0.2) is 0 Å². The summed E-state index contributed by atoms with van der Waals surface area (Å²) in [5.74, 6) is 0. The van der Waals surface area contributed by atoms with E-state index in [1.54, 1.807) is 14.2 Å². The van der Waals surface area contributed by atoms with Crippen molar-refractivity contribution in [2.24, 2.45) is 0 Å². The van der Waals surface area contributed by atoms with E-state index in [1.807, 2.05) is 0 Å². The van der Waals surface area contributed by atoms with Gasteiger partial charge in [0, 0.05) is 51.8 Å². The number of ether oxygens (including phenoxy) is 2. The molecule has 0 radical (unpaired) electrons. The summed E-state index contributed by atoms with van der Waals surface area (Å²) in [7, 11) is 3.50. The highest BCUT2D eigenvalue weighted by Crippen LogP contribution is 2.27. The number of nitrogens with one attached hydrogen (secondary N) is 1. The summed E-state index contributed by atoms with van der Waals surface area (Å²) >= 11 is 0. The van der Waals surface area contributed by atoms with Gasteiger partial charge in [0.1, 0.15) is 0 Å². The Kier molecular flexibility index (Phi) is 6.15. The molecule has 20 heavy (non-hydrogen) atoms. The molecule has 0 fully saturated rings. The van der Waals surface area contributed by atoms with E-state index in [9.17, 15) is 0 Å². The average molecular weight is 278 g/mol. The second-order valence-corrected chi connectivity index (χ2v) is 5.20. The Labute approximate surface area is 122 Å². The van der Waals surface area contributed by atoms with Crippen molar-refractivity contribution in [3.63, 3.8) is 0 Å². The predicted molar refractivity (Wildman–Crippen MR) is 83.8 cm³/mol. The van der Waals surface area contributed by atoms with Crippen LogP contribution >= 0.6 is 0 Å². The van der Waals surface area contributed by atoms with Gasteiger partial charge >= 0.3 is 0 Å². The highest BCUT2D eigenvalue weighted by molar-refractivity contribution is 5.63. The molecule has 1 aliphatic rings. The molecule has 0 amide bonds. The number of rotatable bonds is 8. The minimum Gasteiger partial charge on any atom is -0.385 e. The maximum Gasteiger partial charge on any atom is 0.0637 e. The Balaban J connectivity index is 2.06. The lowest BCUT2D eigenvalue weighted by Crippen LogP contribution is -2.29. The van der Waals surface area contributed by atoms with Gasteiger partial charge in [-0.3, -0.25) is 0 Å².